The average molecular weight is 410 g/mol. The largest absolute Gasteiger partial charge is 0.496 e. The van der Waals surface area contributed by atoms with E-state index in [4.69, 9.17) is 21.1 Å². The molecule has 0 aliphatic carbocycles. The van der Waals surface area contributed by atoms with Crippen molar-refractivity contribution >= 4 is 33.7 Å². The van der Waals surface area contributed by atoms with Gasteiger partial charge in [0.25, 0.3) is 0 Å². The van der Waals surface area contributed by atoms with E-state index in [1.807, 2.05) is 19.1 Å². The van der Waals surface area contributed by atoms with Crippen LogP contribution in [0.4, 0.5) is 0 Å². The maximum Gasteiger partial charge on any atom is 0.321 e. The van der Waals surface area contributed by atoms with Gasteiger partial charge in [0.2, 0.25) is 10.0 Å². The molecule has 27 heavy (non-hydrogen) atoms. The van der Waals surface area contributed by atoms with Crippen molar-refractivity contribution < 1.29 is 22.7 Å². The molecule has 8 heteroatoms. The molecule has 0 spiro atoms. The van der Waals surface area contributed by atoms with Gasteiger partial charge in [-0.2, -0.15) is 0 Å². The maximum atomic E-state index is 12.0. The standard InChI is InChI=1S/C19H20ClNO5S/c1-14-3-5-15(6-4-14)9-10-27(23,24)21-12-19(22)26-13-16-11-17(20)7-8-18(16)25-2/h3-11,21H,12-13H2,1-2H3/b10-9+. The first-order valence-corrected chi connectivity index (χ1v) is 9.94. The van der Waals surface area contributed by atoms with Crippen LogP contribution < -0.4 is 9.46 Å². The van der Waals surface area contributed by atoms with Crippen LogP contribution >= 0.6 is 11.6 Å². The van der Waals surface area contributed by atoms with E-state index in [9.17, 15) is 13.2 Å². The van der Waals surface area contributed by atoms with E-state index in [0.29, 0.717) is 16.3 Å². The number of carbonyl (C=O) groups excluding carboxylic acids is 1. The number of sulfonamides is 1. The van der Waals surface area contributed by atoms with Crippen LogP contribution in [0.3, 0.4) is 0 Å². The second-order valence-electron chi connectivity index (χ2n) is 5.70. The van der Waals surface area contributed by atoms with Crippen LogP contribution in [0.5, 0.6) is 5.75 Å². The predicted octanol–water partition coefficient (Wildman–Crippen LogP) is 3.29. The Morgan fingerprint density at radius 1 is 1.19 bits per heavy atom. The predicted molar refractivity (Wildman–Crippen MR) is 105 cm³/mol. The van der Waals surface area contributed by atoms with Gasteiger partial charge in [0.1, 0.15) is 18.9 Å². The molecule has 2 aromatic rings. The quantitative estimate of drug-likeness (QED) is 0.676. The third-order valence-electron chi connectivity index (χ3n) is 3.57. The van der Waals surface area contributed by atoms with Crippen molar-refractivity contribution in [2.75, 3.05) is 13.7 Å². The van der Waals surface area contributed by atoms with Crippen molar-refractivity contribution in [1.82, 2.24) is 4.72 Å². The van der Waals surface area contributed by atoms with Gasteiger partial charge in [-0.15, -0.1) is 0 Å². The third-order valence-corrected chi connectivity index (χ3v) is 4.84. The molecule has 0 aliphatic heterocycles. The zero-order valence-electron chi connectivity index (χ0n) is 14.9. The lowest BCUT2D eigenvalue weighted by Crippen LogP contribution is -2.29. The maximum absolute atomic E-state index is 12.0. The molecule has 0 radical (unpaired) electrons. The SMILES string of the molecule is COc1ccc(Cl)cc1COC(=O)CNS(=O)(=O)/C=C/c1ccc(C)cc1. The third kappa shape index (κ3) is 7.05. The molecule has 0 amide bonds. The van der Waals surface area contributed by atoms with E-state index in [2.05, 4.69) is 4.72 Å². The molecule has 0 heterocycles. The average Bonchev–Trinajstić information content (AvgIpc) is 2.64. The number of hydrogen-bond acceptors (Lipinski definition) is 5. The lowest BCUT2D eigenvalue weighted by Gasteiger charge is -2.10. The van der Waals surface area contributed by atoms with Crippen molar-refractivity contribution in [1.29, 1.82) is 0 Å². The number of benzene rings is 2. The molecule has 0 saturated carbocycles. The molecular weight excluding hydrogens is 390 g/mol. The highest BCUT2D eigenvalue weighted by Gasteiger charge is 2.12. The fourth-order valence-electron chi connectivity index (χ4n) is 2.12. The molecule has 0 atom stereocenters. The Morgan fingerprint density at radius 2 is 1.89 bits per heavy atom. The molecule has 6 nitrogen and oxygen atoms in total. The molecule has 0 aromatic heterocycles. The summed E-state index contributed by atoms with van der Waals surface area (Å²) in [7, 11) is -2.28. The first kappa shape index (κ1) is 21.0. The van der Waals surface area contributed by atoms with Gasteiger partial charge in [0.15, 0.2) is 0 Å². The summed E-state index contributed by atoms with van der Waals surface area (Å²) < 4.78 is 36.3. The van der Waals surface area contributed by atoms with E-state index in [-0.39, 0.29) is 6.61 Å². The second kappa shape index (κ2) is 9.55. The van der Waals surface area contributed by atoms with Crippen molar-refractivity contribution in [3.05, 3.63) is 69.6 Å². The van der Waals surface area contributed by atoms with Crippen LogP contribution in [0.1, 0.15) is 16.7 Å². The van der Waals surface area contributed by atoms with Gasteiger partial charge in [0.05, 0.1) is 7.11 Å². The van der Waals surface area contributed by atoms with Gasteiger partial charge in [-0.05, 0) is 36.8 Å². The number of halogens is 1. The Labute approximate surface area is 163 Å². The summed E-state index contributed by atoms with van der Waals surface area (Å²) >= 11 is 5.91. The van der Waals surface area contributed by atoms with E-state index >= 15 is 0 Å². The molecule has 0 unspecified atom stereocenters. The van der Waals surface area contributed by atoms with Crippen LogP contribution in [0.2, 0.25) is 5.02 Å². The summed E-state index contributed by atoms with van der Waals surface area (Å²) in [5.74, 6) is -0.196. The molecule has 144 valence electrons. The summed E-state index contributed by atoms with van der Waals surface area (Å²) in [4.78, 5) is 11.8. The number of esters is 1. The van der Waals surface area contributed by atoms with Gasteiger partial charge in [-0.3, -0.25) is 4.79 Å². The zero-order valence-corrected chi connectivity index (χ0v) is 16.5. The number of hydrogen-bond donors (Lipinski definition) is 1. The van der Waals surface area contributed by atoms with Gasteiger partial charge < -0.3 is 9.47 Å². The zero-order chi connectivity index (χ0) is 19.9. The summed E-state index contributed by atoms with van der Waals surface area (Å²) in [5, 5.41) is 1.48. The van der Waals surface area contributed by atoms with Crippen LogP contribution in [-0.4, -0.2) is 28.0 Å². The highest BCUT2D eigenvalue weighted by molar-refractivity contribution is 7.92. The molecule has 0 saturated heterocycles. The molecule has 0 fully saturated rings. The summed E-state index contributed by atoms with van der Waals surface area (Å²) in [5.41, 5.74) is 2.40. The Bertz CT molecular complexity index is 924. The Hall–Kier alpha value is -2.35. The Kier molecular flexibility index (Phi) is 7.41. The minimum absolute atomic E-state index is 0.0799. The number of carbonyl (C=O) groups is 1. The summed E-state index contributed by atoms with van der Waals surface area (Å²) in [6.45, 7) is 1.38. The molecule has 1 N–H and O–H groups in total. The first-order valence-electron chi connectivity index (χ1n) is 8.01. The summed E-state index contributed by atoms with van der Waals surface area (Å²) in [6.07, 6.45) is 1.45. The van der Waals surface area contributed by atoms with E-state index < -0.39 is 22.5 Å². The minimum atomic E-state index is -3.76. The van der Waals surface area contributed by atoms with Crippen LogP contribution in [0.25, 0.3) is 6.08 Å². The van der Waals surface area contributed by atoms with E-state index in [0.717, 1.165) is 16.5 Å². The Morgan fingerprint density at radius 3 is 2.56 bits per heavy atom. The topological polar surface area (TPSA) is 81.7 Å². The number of rotatable bonds is 8. The van der Waals surface area contributed by atoms with Crippen molar-refractivity contribution in [3.8, 4) is 5.75 Å². The number of ether oxygens (including phenoxy) is 2. The highest BCUT2D eigenvalue weighted by Crippen LogP contribution is 2.23. The van der Waals surface area contributed by atoms with Gasteiger partial charge in [-0.25, -0.2) is 13.1 Å². The fourth-order valence-corrected chi connectivity index (χ4v) is 3.07. The summed E-state index contributed by atoms with van der Waals surface area (Å²) in [6, 6.07) is 12.3. The fraction of sp³-hybridized carbons (Fsp3) is 0.211. The van der Waals surface area contributed by atoms with Gasteiger partial charge in [-0.1, -0.05) is 41.4 Å². The Balaban J connectivity index is 1.87. The number of methoxy groups -OCH3 is 1. The van der Waals surface area contributed by atoms with Crippen LogP contribution in [-0.2, 0) is 26.2 Å². The highest BCUT2D eigenvalue weighted by atomic mass is 35.5. The van der Waals surface area contributed by atoms with Crippen molar-refractivity contribution in [2.24, 2.45) is 0 Å². The molecule has 2 aromatic carbocycles. The van der Waals surface area contributed by atoms with Crippen molar-refractivity contribution in [3.63, 3.8) is 0 Å². The van der Waals surface area contributed by atoms with Gasteiger partial charge >= 0.3 is 5.97 Å². The lowest BCUT2D eigenvalue weighted by atomic mass is 10.2. The number of aryl methyl sites for hydroxylation is 1. The van der Waals surface area contributed by atoms with E-state index in [1.54, 1.807) is 30.3 Å². The molecule has 2 rings (SSSR count). The monoisotopic (exact) mass is 409 g/mol. The normalized spacial score (nSPS) is 11.5. The lowest BCUT2D eigenvalue weighted by molar-refractivity contribution is -0.143. The van der Waals surface area contributed by atoms with E-state index in [1.165, 1.54) is 13.2 Å². The molecule has 0 aliphatic rings. The second-order valence-corrected chi connectivity index (χ2v) is 7.78. The van der Waals surface area contributed by atoms with Crippen LogP contribution in [0, 0.1) is 6.92 Å². The number of nitrogens with one attached hydrogen (secondary N) is 1. The van der Waals surface area contributed by atoms with Gasteiger partial charge in [0, 0.05) is 16.0 Å². The first-order chi connectivity index (χ1) is 12.8. The van der Waals surface area contributed by atoms with Crippen molar-refractivity contribution in [2.45, 2.75) is 13.5 Å². The molecular formula is C19H20ClNO5S. The van der Waals surface area contributed by atoms with Crippen LogP contribution in [0.15, 0.2) is 47.9 Å². The minimum Gasteiger partial charge on any atom is -0.496 e. The smallest absolute Gasteiger partial charge is 0.321 e. The molecule has 0 bridgehead atoms.